The summed E-state index contributed by atoms with van der Waals surface area (Å²) in [6.07, 6.45) is 8.00. The van der Waals surface area contributed by atoms with Gasteiger partial charge in [0.2, 0.25) is 11.9 Å². The lowest BCUT2D eigenvalue weighted by Gasteiger charge is -2.32. The van der Waals surface area contributed by atoms with E-state index in [4.69, 9.17) is 10.5 Å². The molecule has 4 N–H and O–H groups in total. The molecule has 4 rings (SSSR count). The van der Waals surface area contributed by atoms with Gasteiger partial charge in [-0.1, -0.05) is 18.7 Å². The van der Waals surface area contributed by atoms with Gasteiger partial charge >= 0.3 is 0 Å². The Balaban J connectivity index is 1.53. The van der Waals surface area contributed by atoms with Gasteiger partial charge in [0.15, 0.2) is 0 Å². The maximum atomic E-state index is 12.0. The highest BCUT2D eigenvalue weighted by molar-refractivity contribution is 5.98. The maximum Gasteiger partial charge on any atom is 0.254 e. The summed E-state index contributed by atoms with van der Waals surface area (Å²) in [6, 6.07) is 7.32. The zero-order valence-electron chi connectivity index (χ0n) is 18.8. The molecule has 1 aliphatic heterocycles. The quantitative estimate of drug-likeness (QED) is 0.434. The predicted molar refractivity (Wildman–Crippen MR) is 127 cm³/mol. The van der Waals surface area contributed by atoms with E-state index >= 15 is 0 Å². The first-order valence-electron chi connectivity index (χ1n) is 10.8. The lowest BCUT2D eigenvalue weighted by atomic mass is 10.1. The van der Waals surface area contributed by atoms with Crippen LogP contribution >= 0.6 is 0 Å². The molecule has 0 spiro atoms. The van der Waals surface area contributed by atoms with Crippen molar-refractivity contribution in [3.8, 4) is 5.75 Å². The summed E-state index contributed by atoms with van der Waals surface area (Å²) in [5.74, 6) is 0.353. The van der Waals surface area contributed by atoms with Crippen LogP contribution in [0, 0.1) is 0 Å². The highest BCUT2D eigenvalue weighted by Crippen LogP contribution is 2.29. The van der Waals surface area contributed by atoms with Gasteiger partial charge in [0, 0.05) is 25.5 Å². The number of para-hydroxylation sites is 2. The van der Waals surface area contributed by atoms with Crippen LogP contribution in [0.2, 0.25) is 0 Å². The number of piperidine rings is 1. The van der Waals surface area contributed by atoms with Crippen LogP contribution in [0.15, 0.2) is 55.5 Å². The van der Waals surface area contributed by atoms with Crippen molar-refractivity contribution in [2.45, 2.75) is 18.9 Å². The van der Waals surface area contributed by atoms with Crippen LogP contribution in [0.5, 0.6) is 5.75 Å². The largest absolute Gasteiger partial charge is 0.495 e. The highest BCUT2D eigenvalue weighted by atomic mass is 16.5. The first kappa shape index (κ1) is 22.8. The molecule has 11 nitrogen and oxygen atoms in total. The van der Waals surface area contributed by atoms with Crippen LogP contribution in [0.1, 0.15) is 29.2 Å². The third-order valence-electron chi connectivity index (χ3n) is 5.53. The minimum atomic E-state index is -0.660. The van der Waals surface area contributed by atoms with Crippen molar-refractivity contribution in [1.29, 1.82) is 0 Å². The molecule has 0 bridgehead atoms. The zero-order valence-corrected chi connectivity index (χ0v) is 18.8. The second-order valence-corrected chi connectivity index (χ2v) is 7.76. The number of rotatable bonds is 8. The number of carbonyl (C=O) groups is 2. The molecule has 176 valence electrons. The van der Waals surface area contributed by atoms with E-state index in [2.05, 4.69) is 32.3 Å². The summed E-state index contributed by atoms with van der Waals surface area (Å²) >= 11 is 0. The average Bonchev–Trinajstić information content (AvgIpc) is 3.32. The Morgan fingerprint density at radius 3 is 2.85 bits per heavy atom. The number of carbonyl (C=O) groups excluding carboxylic acids is 2. The van der Waals surface area contributed by atoms with Gasteiger partial charge in [0.05, 0.1) is 30.7 Å². The molecule has 3 heterocycles. The number of methoxy groups -OCH3 is 1. The molecule has 0 saturated carbocycles. The number of primary amides is 1. The van der Waals surface area contributed by atoms with E-state index in [1.807, 2.05) is 23.0 Å². The van der Waals surface area contributed by atoms with Gasteiger partial charge in [-0.15, -0.1) is 0 Å². The Morgan fingerprint density at radius 1 is 1.26 bits per heavy atom. The van der Waals surface area contributed by atoms with Gasteiger partial charge in [0.25, 0.3) is 5.91 Å². The minimum absolute atomic E-state index is 0.0640. The molecule has 0 aliphatic carbocycles. The van der Waals surface area contributed by atoms with E-state index in [0.717, 1.165) is 19.4 Å². The molecule has 1 unspecified atom stereocenters. The lowest BCUT2D eigenvalue weighted by Crippen LogP contribution is -2.39. The second-order valence-electron chi connectivity index (χ2n) is 7.76. The highest BCUT2D eigenvalue weighted by Gasteiger charge is 2.24. The number of nitrogens with one attached hydrogen (secondary N) is 2. The third-order valence-corrected chi connectivity index (χ3v) is 5.53. The fourth-order valence-electron chi connectivity index (χ4n) is 3.82. The van der Waals surface area contributed by atoms with Crippen molar-refractivity contribution in [2.24, 2.45) is 5.73 Å². The molecule has 11 heteroatoms. The molecule has 0 radical (unpaired) electrons. The van der Waals surface area contributed by atoms with Crippen LogP contribution in [0.3, 0.4) is 0 Å². The van der Waals surface area contributed by atoms with Crippen LogP contribution in [-0.2, 0) is 4.79 Å². The smallest absolute Gasteiger partial charge is 0.254 e. The predicted octanol–water partition coefficient (Wildman–Crippen LogP) is 2.62. The number of nitrogens with two attached hydrogens (primary N) is 1. The normalized spacial score (nSPS) is 15.4. The average molecular weight is 463 g/mol. The molecule has 34 heavy (non-hydrogen) atoms. The number of anilines is 4. The molecule has 1 aliphatic rings. The second kappa shape index (κ2) is 10.0. The summed E-state index contributed by atoms with van der Waals surface area (Å²) in [5.41, 5.74) is 6.95. The van der Waals surface area contributed by atoms with Gasteiger partial charge in [-0.05, 0) is 31.1 Å². The first-order chi connectivity index (χ1) is 16.5. The van der Waals surface area contributed by atoms with E-state index in [1.165, 1.54) is 12.3 Å². The van der Waals surface area contributed by atoms with Gasteiger partial charge in [-0.25, -0.2) is 4.98 Å². The fraction of sp³-hybridized carbons (Fsp3) is 0.261. The molecular weight excluding hydrogens is 436 g/mol. The summed E-state index contributed by atoms with van der Waals surface area (Å²) in [7, 11) is 1.55. The van der Waals surface area contributed by atoms with Crippen molar-refractivity contribution >= 4 is 35.0 Å². The topological polar surface area (TPSA) is 140 Å². The van der Waals surface area contributed by atoms with Crippen LogP contribution < -0.4 is 21.1 Å². The van der Waals surface area contributed by atoms with Crippen molar-refractivity contribution in [1.82, 2.24) is 24.6 Å². The third kappa shape index (κ3) is 4.98. The standard InChI is InChI=1S/C23H26N8O3/c1-3-20(32)30-10-6-7-16(14-30)31-13-15(11-26-31)27-23-25-12-17(21(24)33)22(29-23)28-18-8-4-5-9-19(18)34-2/h3-5,8-9,11-13,16H,1,6-7,10,14H2,2H3,(H2,24,33)(H2,25,27,28,29). The molecule has 1 aromatic carbocycles. The van der Waals surface area contributed by atoms with Crippen molar-refractivity contribution in [3.05, 3.63) is 61.1 Å². The van der Waals surface area contributed by atoms with Crippen molar-refractivity contribution < 1.29 is 14.3 Å². The Labute approximate surface area is 196 Å². The molecular formula is C23H26N8O3. The van der Waals surface area contributed by atoms with E-state index in [0.29, 0.717) is 23.7 Å². The van der Waals surface area contributed by atoms with Crippen molar-refractivity contribution in [2.75, 3.05) is 30.8 Å². The van der Waals surface area contributed by atoms with Gasteiger partial charge < -0.3 is 26.0 Å². The molecule has 2 aromatic heterocycles. The number of ether oxygens (including phenoxy) is 1. The number of nitrogens with zero attached hydrogens (tertiary/aromatic N) is 5. The minimum Gasteiger partial charge on any atom is -0.495 e. The summed E-state index contributed by atoms with van der Waals surface area (Å²) in [4.78, 5) is 34.3. The summed E-state index contributed by atoms with van der Waals surface area (Å²) in [6.45, 7) is 4.86. The molecule has 1 atom stereocenters. The van der Waals surface area contributed by atoms with Gasteiger partial charge in [0.1, 0.15) is 17.1 Å². The molecule has 2 amide bonds. The number of aromatic nitrogens is 4. The van der Waals surface area contributed by atoms with E-state index in [-0.39, 0.29) is 29.3 Å². The monoisotopic (exact) mass is 462 g/mol. The Hall–Kier alpha value is -4.41. The number of amides is 2. The Kier molecular flexibility index (Phi) is 6.72. The number of hydrogen-bond acceptors (Lipinski definition) is 8. The summed E-state index contributed by atoms with van der Waals surface area (Å²) in [5, 5.41) is 10.6. The zero-order chi connectivity index (χ0) is 24.1. The van der Waals surface area contributed by atoms with E-state index in [1.54, 1.807) is 30.3 Å². The van der Waals surface area contributed by atoms with Gasteiger partial charge in [-0.2, -0.15) is 10.1 Å². The maximum absolute atomic E-state index is 12.0. The number of benzene rings is 1. The fourth-order valence-corrected chi connectivity index (χ4v) is 3.82. The van der Waals surface area contributed by atoms with Crippen LogP contribution in [0.25, 0.3) is 0 Å². The SMILES string of the molecule is C=CC(=O)N1CCCC(n2cc(Nc3ncc(C(N)=O)c(Nc4ccccc4OC)n3)cn2)C1. The van der Waals surface area contributed by atoms with E-state index < -0.39 is 5.91 Å². The molecule has 3 aromatic rings. The Bertz CT molecular complexity index is 1210. The van der Waals surface area contributed by atoms with Crippen LogP contribution in [-0.4, -0.2) is 56.7 Å². The number of likely N-dealkylation sites (tertiary alicyclic amines) is 1. The van der Waals surface area contributed by atoms with Gasteiger partial charge in [-0.3, -0.25) is 14.3 Å². The van der Waals surface area contributed by atoms with Crippen LogP contribution in [0.4, 0.5) is 23.1 Å². The lowest BCUT2D eigenvalue weighted by molar-refractivity contribution is -0.127. The first-order valence-corrected chi connectivity index (χ1v) is 10.8. The Morgan fingerprint density at radius 2 is 2.09 bits per heavy atom. The molecule has 1 saturated heterocycles. The summed E-state index contributed by atoms with van der Waals surface area (Å²) < 4.78 is 7.18. The van der Waals surface area contributed by atoms with Crippen molar-refractivity contribution in [3.63, 3.8) is 0 Å². The van der Waals surface area contributed by atoms with E-state index in [9.17, 15) is 9.59 Å². The molecule has 1 fully saturated rings. The number of hydrogen-bond donors (Lipinski definition) is 3.